The molecule has 0 spiro atoms. The number of rotatable bonds is 3. The predicted molar refractivity (Wildman–Crippen MR) is 74.7 cm³/mol. The molecule has 1 N–H and O–H groups in total. The van der Waals surface area contributed by atoms with Crippen LogP contribution in [0.2, 0.25) is 0 Å². The molecule has 0 saturated heterocycles. The van der Waals surface area contributed by atoms with E-state index in [1.54, 1.807) is 0 Å². The zero-order chi connectivity index (χ0) is 12.3. The minimum absolute atomic E-state index is 0.946. The molecule has 2 aromatic rings. The lowest BCUT2D eigenvalue weighted by atomic mass is 9.97. The molecular weight excluding hydrogens is 206 g/mol. The molecule has 0 radical (unpaired) electrons. The van der Waals surface area contributed by atoms with Gasteiger partial charge in [0.1, 0.15) is 0 Å². The molecule has 17 heavy (non-hydrogen) atoms. The number of hydrogen-bond donors (Lipinski definition) is 1. The summed E-state index contributed by atoms with van der Waals surface area (Å²) in [6, 6.07) is 16.9. The molecule has 0 aliphatic carbocycles. The zero-order valence-electron chi connectivity index (χ0n) is 10.3. The lowest BCUT2D eigenvalue weighted by Gasteiger charge is -2.12. The van der Waals surface area contributed by atoms with Gasteiger partial charge in [0.15, 0.2) is 0 Å². The number of aryl methyl sites for hydroxylation is 1. The van der Waals surface area contributed by atoms with Crippen molar-refractivity contribution >= 4 is 5.70 Å². The number of nitrogens with one attached hydrogen (secondary N) is 1. The Hall–Kier alpha value is -2.02. The quantitative estimate of drug-likeness (QED) is 0.833. The second-order valence-corrected chi connectivity index (χ2v) is 4.14. The summed E-state index contributed by atoms with van der Waals surface area (Å²) in [5, 5.41) is 3.11. The second kappa shape index (κ2) is 4.88. The van der Waals surface area contributed by atoms with Crippen molar-refractivity contribution in [2.75, 3.05) is 7.05 Å². The Labute approximate surface area is 103 Å². The van der Waals surface area contributed by atoms with Gasteiger partial charge in [0.2, 0.25) is 0 Å². The average molecular weight is 223 g/mol. The summed E-state index contributed by atoms with van der Waals surface area (Å²) < 4.78 is 0. The van der Waals surface area contributed by atoms with E-state index >= 15 is 0 Å². The van der Waals surface area contributed by atoms with Crippen LogP contribution in [-0.2, 0) is 0 Å². The van der Waals surface area contributed by atoms with Crippen molar-refractivity contribution in [3.05, 3.63) is 66.2 Å². The van der Waals surface area contributed by atoms with Crippen molar-refractivity contribution in [2.24, 2.45) is 0 Å². The van der Waals surface area contributed by atoms with E-state index < -0.39 is 0 Å². The zero-order valence-corrected chi connectivity index (χ0v) is 10.3. The van der Waals surface area contributed by atoms with Crippen molar-refractivity contribution in [1.29, 1.82) is 0 Å². The molecule has 0 amide bonds. The van der Waals surface area contributed by atoms with Crippen LogP contribution in [-0.4, -0.2) is 7.05 Å². The highest BCUT2D eigenvalue weighted by atomic mass is 14.8. The molecule has 0 fully saturated rings. The molecule has 0 aliphatic rings. The first-order chi connectivity index (χ1) is 8.22. The smallest absolute Gasteiger partial charge is 0.0344 e. The molecule has 0 atom stereocenters. The highest BCUT2D eigenvalue weighted by Gasteiger charge is 2.06. The topological polar surface area (TPSA) is 12.0 Å². The third kappa shape index (κ3) is 2.39. The SMILES string of the molecule is C=C(NC)c1ccccc1-c1cccc(C)c1. The first-order valence-corrected chi connectivity index (χ1v) is 5.75. The van der Waals surface area contributed by atoms with Gasteiger partial charge < -0.3 is 5.32 Å². The third-order valence-electron chi connectivity index (χ3n) is 2.88. The van der Waals surface area contributed by atoms with E-state index in [4.69, 9.17) is 0 Å². The van der Waals surface area contributed by atoms with Gasteiger partial charge in [0.05, 0.1) is 0 Å². The van der Waals surface area contributed by atoms with E-state index in [-0.39, 0.29) is 0 Å². The molecule has 86 valence electrons. The molecule has 0 aromatic heterocycles. The summed E-state index contributed by atoms with van der Waals surface area (Å²) in [6.07, 6.45) is 0. The van der Waals surface area contributed by atoms with Crippen LogP contribution in [0.4, 0.5) is 0 Å². The molecule has 0 heterocycles. The molecule has 2 aromatic carbocycles. The molecule has 0 saturated carbocycles. The van der Waals surface area contributed by atoms with E-state index in [2.05, 4.69) is 61.3 Å². The van der Waals surface area contributed by atoms with E-state index in [0.717, 1.165) is 11.3 Å². The lowest BCUT2D eigenvalue weighted by molar-refractivity contribution is 1.13. The van der Waals surface area contributed by atoms with Crippen molar-refractivity contribution < 1.29 is 0 Å². The monoisotopic (exact) mass is 223 g/mol. The van der Waals surface area contributed by atoms with Crippen molar-refractivity contribution in [1.82, 2.24) is 5.32 Å². The fraction of sp³-hybridized carbons (Fsp3) is 0.125. The fourth-order valence-corrected chi connectivity index (χ4v) is 1.95. The van der Waals surface area contributed by atoms with Gasteiger partial charge >= 0.3 is 0 Å². The minimum Gasteiger partial charge on any atom is -0.388 e. The highest BCUT2D eigenvalue weighted by molar-refractivity contribution is 5.79. The molecule has 1 heteroatoms. The molecule has 0 unspecified atom stereocenters. The Kier molecular flexibility index (Phi) is 3.29. The minimum atomic E-state index is 0.946. The first-order valence-electron chi connectivity index (χ1n) is 5.75. The average Bonchev–Trinajstić information content (AvgIpc) is 2.38. The van der Waals surface area contributed by atoms with Crippen molar-refractivity contribution in [3.8, 4) is 11.1 Å². The van der Waals surface area contributed by atoms with E-state index in [1.165, 1.54) is 16.7 Å². The summed E-state index contributed by atoms with van der Waals surface area (Å²) in [7, 11) is 1.90. The van der Waals surface area contributed by atoms with Gasteiger partial charge in [-0.15, -0.1) is 0 Å². The van der Waals surface area contributed by atoms with Gasteiger partial charge in [-0.1, -0.05) is 60.7 Å². The van der Waals surface area contributed by atoms with E-state index in [0.29, 0.717) is 0 Å². The molecule has 0 bridgehead atoms. The summed E-state index contributed by atoms with van der Waals surface area (Å²) in [6.45, 7) is 6.15. The van der Waals surface area contributed by atoms with Crippen molar-refractivity contribution in [3.63, 3.8) is 0 Å². The van der Waals surface area contributed by atoms with E-state index in [9.17, 15) is 0 Å². The predicted octanol–water partition coefficient (Wildman–Crippen LogP) is 3.85. The maximum absolute atomic E-state index is 4.04. The molecule has 1 nitrogen and oxygen atoms in total. The van der Waals surface area contributed by atoms with Crippen LogP contribution in [0, 0.1) is 6.92 Å². The molecule has 0 aliphatic heterocycles. The van der Waals surface area contributed by atoms with Gasteiger partial charge in [-0.25, -0.2) is 0 Å². The largest absolute Gasteiger partial charge is 0.388 e. The van der Waals surface area contributed by atoms with Gasteiger partial charge in [-0.3, -0.25) is 0 Å². The van der Waals surface area contributed by atoms with Crippen LogP contribution < -0.4 is 5.32 Å². The second-order valence-electron chi connectivity index (χ2n) is 4.14. The van der Waals surface area contributed by atoms with Crippen LogP contribution in [0.1, 0.15) is 11.1 Å². The normalized spacial score (nSPS) is 10.0. The Morgan fingerprint density at radius 2 is 1.82 bits per heavy atom. The summed E-state index contributed by atoms with van der Waals surface area (Å²) in [5.74, 6) is 0. The van der Waals surface area contributed by atoms with Gasteiger partial charge in [0.25, 0.3) is 0 Å². The number of hydrogen-bond acceptors (Lipinski definition) is 1. The van der Waals surface area contributed by atoms with Crippen LogP contribution in [0.3, 0.4) is 0 Å². The van der Waals surface area contributed by atoms with E-state index in [1.807, 2.05) is 13.1 Å². The highest BCUT2D eigenvalue weighted by Crippen LogP contribution is 2.27. The lowest BCUT2D eigenvalue weighted by Crippen LogP contribution is -2.04. The van der Waals surface area contributed by atoms with Crippen LogP contribution >= 0.6 is 0 Å². The first kappa shape index (κ1) is 11.5. The van der Waals surface area contributed by atoms with Gasteiger partial charge in [-0.2, -0.15) is 0 Å². The molecular formula is C16H17N. The van der Waals surface area contributed by atoms with Crippen LogP contribution in [0.15, 0.2) is 55.1 Å². The maximum atomic E-state index is 4.04. The maximum Gasteiger partial charge on any atom is 0.0344 e. The fourth-order valence-electron chi connectivity index (χ4n) is 1.95. The Bertz CT molecular complexity index is 541. The summed E-state index contributed by atoms with van der Waals surface area (Å²) in [4.78, 5) is 0. The van der Waals surface area contributed by atoms with Gasteiger partial charge in [-0.05, 0) is 18.1 Å². The Morgan fingerprint density at radius 3 is 2.53 bits per heavy atom. The van der Waals surface area contributed by atoms with Crippen molar-refractivity contribution in [2.45, 2.75) is 6.92 Å². The van der Waals surface area contributed by atoms with Crippen LogP contribution in [0.25, 0.3) is 16.8 Å². The summed E-state index contributed by atoms with van der Waals surface area (Å²) >= 11 is 0. The summed E-state index contributed by atoms with van der Waals surface area (Å²) in [5.41, 5.74) is 5.82. The Balaban J connectivity index is 2.55. The number of benzene rings is 2. The Morgan fingerprint density at radius 1 is 1.06 bits per heavy atom. The van der Waals surface area contributed by atoms with Gasteiger partial charge in [0, 0.05) is 18.3 Å². The van der Waals surface area contributed by atoms with Crippen LogP contribution in [0.5, 0.6) is 0 Å². The third-order valence-corrected chi connectivity index (χ3v) is 2.88. The molecule has 2 rings (SSSR count). The standard InChI is InChI=1S/C16H17N/c1-12-7-6-8-14(11-12)16-10-5-4-9-15(16)13(2)17-3/h4-11,17H,2H2,1,3H3.